The minimum Gasteiger partial charge on any atom is -0.497 e. The van der Waals surface area contributed by atoms with Gasteiger partial charge in [0, 0.05) is 6.42 Å². The minimum absolute atomic E-state index is 0.258. The molecule has 0 bridgehead atoms. The van der Waals surface area contributed by atoms with E-state index in [0.717, 1.165) is 42.1 Å². The number of ketones is 1. The van der Waals surface area contributed by atoms with E-state index in [2.05, 4.69) is 0 Å². The maximum Gasteiger partial charge on any atom is 0.151 e. The molecule has 3 heteroatoms. The predicted molar refractivity (Wildman–Crippen MR) is 80.7 cm³/mol. The fraction of sp³-hybridized carbons (Fsp3) is 0.389. The second-order valence-corrected chi connectivity index (χ2v) is 5.67. The van der Waals surface area contributed by atoms with E-state index in [0.29, 0.717) is 6.42 Å². The molecule has 1 heterocycles. The lowest BCUT2D eigenvalue weighted by Gasteiger charge is -2.34. The number of carbonyl (C=O) groups excluding carboxylic acids is 1. The van der Waals surface area contributed by atoms with Crippen molar-refractivity contribution in [3.8, 4) is 5.75 Å². The third-order valence-electron chi connectivity index (χ3n) is 4.43. The zero-order valence-electron chi connectivity index (χ0n) is 12.5. The van der Waals surface area contributed by atoms with Gasteiger partial charge in [0.1, 0.15) is 22.7 Å². The molecule has 1 unspecified atom stereocenters. The average Bonchev–Trinajstić information content (AvgIpc) is 2.95. The quantitative estimate of drug-likeness (QED) is 0.854. The molecule has 1 aliphatic carbocycles. The zero-order chi connectivity index (χ0) is 14.9. The molecular weight excluding hydrogens is 264 g/mol. The molecule has 0 amide bonds. The lowest BCUT2D eigenvalue weighted by atomic mass is 9.67. The normalized spacial score (nSPS) is 22.3. The SMILES string of the molecule is COc1ccc(C2(c3ccc(C)o3)CCCCC2=O)cc1. The fourth-order valence-electron chi connectivity index (χ4n) is 3.28. The van der Waals surface area contributed by atoms with Crippen LogP contribution in [-0.4, -0.2) is 12.9 Å². The van der Waals surface area contributed by atoms with Crippen LogP contribution in [0.1, 0.15) is 42.8 Å². The molecule has 1 atom stereocenters. The van der Waals surface area contributed by atoms with E-state index in [9.17, 15) is 4.79 Å². The highest BCUT2D eigenvalue weighted by atomic mass is 16.5. The Balaban J connectivity index is 2.13. The van der Waals surface area contributed by atoms with Crippen LogP contribution < -0.4 is 4.74 Å². The number of hydrogen-bond acceptors (Lipinski definition) is 3. The molecule has 3 nitrogen and oxygen atoms in total. The van der Waals surface area contributed by atoms with Gasteiger partial charge in [0.15, 0.2) is 5.78 Å². The van der Waals surface area contributed by atoms with Crippen molar-refractivity contribution in [2.45, 2.75) is 38.0 Å². The number of aryl methyl sites for hydroxylation is 1. The van der Waals surface area contributed by atoms with Gasteiger partial charge in [0.05, 0.1) is 7.11 Å². The summed E-state index contributed by atoms with van der Waals surface area (Å²) in [5.41, 5.74) is 0.376. The Labute approximate surface area is 124 Å². The fourth-order valence-corrected chi connectivity index (χ4v) is 3.28. The Kier molecular flexibility index (Phi) is 3.58. The molecule has 21 heavy (non-hydrogen) atoms. The van der Waals surface area contributed by atoms with Crippen LogP contribution in [0.2, 0.25) is 0 Å². The highest BCUT2D eigenvalue weighted by molar-refractivity contribution is 5.93. The largest absolute Gasteiger partial charge is 0.497 e. The molecule has 0 N–H and O–H groups in total. The van der Waals surface area contributed by atoms with Gasteiger partial charge in [-0.05, 0) is 49.6 Å². The van der Waals surface area contributed by atoms with Gasteiger partial charge in [-0.2, -0.15) is 0 Å². The summed E-state index contributed by atoms with van der Waals surface area (Å²) in [5.74, 6) is 2.67. The van der Waals surface area contributed by atoms with Crippen molar-refractivity contribution in [3.05, 3.63) is 53.5 Å². The first kappa shape index (κ1) is 13.9. The standard InChI is InChI=1S/C18H20O3/c1-13-6-11-17(21-13)18(12-4-3-5-16(18)19)14-7-9-15(20-2)10-8-14/h6-11H,3-5,12H2,1-2H3. The molecule has 2 aromatic rings. The van der Waals surface area contributed by atoms with Crippen LogP contribution in [0.25, 0.3) is 0 Å². The van der Waals surface area contributed by atoms with Crippen molar-refractivity contribution in [1.29, 1.82) is 0 Å². The lowest BCUT2D eigenvalue weighted by Crippen LogP contribution is -2.39. The summed E-state index contributed by atoms with van der Waals surface area (Å²) in [5, 5.41) is 0. The predicted octanol–water partition coefficient (Wildman–Crippen LogP) is 4.03. The monoisotopic (exact) mass is 284 g/mol. The van der Waals surface area contributed by atoms with Crippen LogP contribution in [0.4, 0.5) is 0 Å². The summed E-state index contributed by atoms with van der Waals surface area (Å²) in [7, 11) is 1.65. The molecule has 1 aliphatic rings. The Morgan fingerprint density at radius 3 is 2.43 bits per heavy atom. The van der Waals surface area contributed by atoms with Crippen molar-refractivity contribution in [2.75, 3.05) is 7.11 Å². The number of rotatable bonds is 3. The summed E-state index contributed by atoms with van der Waals surface area (Å²) in [4.78, 5) is 12.8. The Morgan fingerprint density at radius 1 is 1.10 bits per heavy atom. The van der Waals surface area contributed by atoms with Crippen LogP contribution in [0.3, 0.4) is 0 Å². The van der Waals surface area contributed by atoms with E-state index in [1.807, 2.05) is 43.3 Å². The second-order valence-electron chi connectivity index (χ2n) is 5.67. The second kappa shape index (κ2) is 5.40. The summed E-state index contributed by atoms with van der Waals surface area (Å²) in [6.07, 6.45) is 3.44. The van der Waals surface area contributed by atoms with Gasteiger partial charge < -0.3 is 9.15 Å². The molecular formula is C18H20O3. The highest BCUT2D eigenvalue weighted by Crippen LogP contribution is 2.43. The average molecular weight is 284 g/mol. The topological polar surface area (TPSA) is 39.4 Å². The number of Topliss-reactive ketones (excluding diaryl/α,β-unsaturated/α-hetero) is 1. The smallest absolute Gasteiger partial charge is 0.151 e. The van der Waals surface area contributed by atoms with Crippen LogP contribution in [0.15, 0.2) is 40.8 Å². The first-order valence-electron chi connectivity index (χ1n) is 7.41. The number of benzene rings is 1. The maximum absolute atomic E-state index is 12.8. The van der Waals surface area contributed by atoms with Crippen molar-refractivity contribution < 1.29 is 13.9 Å². The summed E-state index contributed by atoms with van der Waals surface area (Å²) in [6.45, 7) is 1.92. The highest BCUT2D eigenvalue weighted by Gasteiger charge is 2.45. The maximum atomic E-state index is 12.8. The van der Waals surface area contributed by atoms with Crippen molar-refractivity contribution >= 4 is 5.78 Å². The number of carbonyl (C=O) groups is 1. The molecule has 110 valence electrons. The molecule has 3 rings (SSSR count). The van der Waals surface area contributed by atoms with Gasteiger partial charge >= 0.3 is 0 Å². The number of hydrogen-bond donors (Lipinski definition) is 0. The summed E-state index contributed by atoms with van der Waals surface area (Å²) >= 11 is 0. The minimum atomic E-state index is -0.626. The molecule has 0 spiro atoms. The van der Waals surface area contributed by atoms with Crippen molar-refractivity contribution in [3.63, 3.8) is 0 Å². The van der Waals surface area contributed by atoms with E-state index in [1.165, 1.54) is 0 Å². The summed E-state index contributed by atoms with van der Waals surface area (Å²) in [6, 6.07) is 11.7. The van der Waals surface area contributed by atoms with Gasteiger partial charge in [0.2, 0.25) is 0 Å². The van der Waals surface area contributed by atoms with E-state index in [1.54, 1.807) is 7.11 Å². The van der Waals surface area contributed by atoms with Gasteiger partial charge in [-0.1, -0.05) is 18.6 Å². The van der Waals surface area contributed by atoms with E-state index in [-0.39, 0.29) is 5.78 Å². The Morgan fingerprint density at radius 2 is 1.86 bits per heavy atom. The molecule has 1 aromatic heterocycles. The molecule has 1 aromatic carbocycles. The number of ether oxygens (including phenoxy) is 1. The van der Waals surface area contributed by atoms with Crippen LogP contribution >= 0.6 is 0 Å². The molecule has 0 aliphatic heterocycles. The van der Waals surface area contributed by atoms with E-state index >= 15 is 0 Å². The first-order chi connectivity index (χ1) is 10.2. The van der Waals surface area contributed by atoms with Gasteiger partial charge in [-0.25, -0.2) is 0 Å². The van der Waals surface area contributed by atoms with Gasteiger partial charge in [-0.15, -0.1) is 0 Å². The van der Waals surface area contributed by atoms with E-state index < -0.39 is 5.41 Å². The Hall–Kier alpha value is -2.03. The first-order valence-corrected chi connectivity index (χ1v) is 7.41. The molecule has 1 fully saturated rings. The van der Waals surface area contributed by atoms with Gasteiger partial charge in [-0.3, -0.25) is 4.79 Å². The number of methoxy groups -OCH3 is 1. The number of furan rings is 1. The third kappa shape index (κ3) is 2.27. The van der Waals surface area contributed by atoms with Crippen LogP contribution in [0, 0.1) is 6.92 Å². The van der Waals surface area contributed by atoms with Gasteiger partial charge in [0.25, 0.3) is 0 Å². The molecule has 0 saturated heterocycles. The zero-order valence-corrected chi connectivity index (χ0v) is 12.5. The third-order valence-corrected chi connectivity index (χ3v) is 4.43. The van der Waals surface area contributed by atoms with Crippen molar-refractivity contribution in [2.24, 2.45) is 0 Å². The van der Waals surface area contributed by atoms with Crippen molar-refractivity contribution in [1.82, 2.24) is 0 Å². The molecule has 0 radical (unpaired) electrons. The van der Waals surface area contributed by atoms with E-state index in [4.69, 9.17) is 9.15 Å². The molecule has 1 saturated carbocycles. The van der Waals surface area contributed by atoms with Crippen LogP contribution in [-0.2, 0) is 10.2 Å². The Bertz CT molecular complexity index is 639. The lowest BCUT2D eigenvalue weighted by molar-refractivity contribution is -0.125. The summed E-state index contributed by atoms with van der Waals surface area (Å²) < 4.78 is 11.1. The van der Waals surface area contributed by atoms with Crippen LogP contribution in [0.5, 0.6) is 5.75 Å².